The van der Waals surface area contributed by atoms with Crippen LogP contribution in [0.2, 0.25) is 0 Å². The Balaban J connectivity index is 2.25. The van der Waals surface area contributed by atoms with Crippen LogP contribution in [0.4, 0.5) is 0 Å². The van der Waals surface area contributed by atoms with Crippen molar-refractivity contribution >= 4 is 0 Å². The topological polar surface area (TPSA) is 78.0 Å². The molecule has 1 unspecified atom stereocenters. The fraction of sp³-hybridized carbons (Fsp3) is 0.375. The molecule has 0 aliphatic carbocycles. The molecule has 21 heavy (non-hydrogen) atoms. The van der Waals surface area contributed by atoms with Crippen molar-refractivity contribution in [2.75, 3.05) is 6.61 Å². The fourth-order valence-electron chi connectivity index (χ4n) is 2.57. The maximum absolute atomic E-state index is 12.1. The summed E-state index contributed by atoms with van der Waals surface area (Å²) in [5.74, 6) is 0.607. The van der Waals surface area contributed by atoms with Crippen molar-refractivity contribution in [3.8, 4) is 0 Å². The third kappa shape index (κ3) is 3.56. The van der Waals surface area contributed by atoms with E-state index in [9.17, 15) is 9.90 Å². The summed E-state index contributed by atoms with van der Waals surface area (Å²) in [7, 11) is 0. The number of aliphatic hydroxyl groups is 1. The number of benzene rings is 1. The lowest BCUT2D eigenvalue weighted by atomic mass is 10.0. The summed E-state index contributed by atoms with van der Waals surface area (Å²) in [5, 5.41) is 12.9. The molecule has 3 N–H and O–H groups in total. The number of nitrogens with zero attached hydrogens (tertiary/aromatic N) is 1. The molecule has 0 saturated heterocycles. The zero-order chi connectivity index (χ0) is 15.4. The highest BCUT2D eigenvalue weighted by Gasteiger charge is 2.19. The first-order valence-corrected chi connectivity index (χ1v) is 7.02. The molecule has 2 atom stereocenters. The number of rotatable bonds is 5. The summed E-state index contributed by atoms with van der Waals surface area (Å²) in [6.45, 7) is 5.45. The minimum atomic E-state index is -0.221. The van der Waals surface area contributed by atoms with Gasteiger partial charge in [-0.1, -0.05) is 30.3 Å². The van der Waals surface area contributed by atoms with Gasteiger partial charge in [0.2, 0.25) is 0 Å². The smallest absolute Gasteiger partial charge is 0.255 e. The van der Waals surface area contributed by atoms with Gasteiger partial charge in [0.15, 0.2) is 0 Å². The second kappa shape index (κ2) is 6.65. The van der Waals surface area contributed by atoms with E-state index in [2.05, 4.69) is 15.3 Å². The van der Waals surface area contributed by atoms with Gasteiger partial charge in [-0.25, -0.2) is 4.98 Å². The van der Waals surface area contributed by atoms with Gasteiger partial charge >= 0.3 is 0 Å². The molecule has 1 heterocycles. The molecular formula is C16H21N3O2. The number of aromatic nitrogens is 2. The normalized spacial score (nSPS) is 13.9. The lowest BCUT2D eigenvalue weighted by Gasteiger charge is -2.22. The van der Waals surface area contributed by atoms with Crippen LogP contribution in [-0.2, 0) is 0 Å². The van der Waals surface area contributed by atoms with Gasteiger partial charge in [0.25, 0.3) is 5.56 Å². The molecule has 0 saturated carbocycles. The molecule has 1 aromatic carbocycles. The molecule has 112 valence electrons. The molecule has 5 heteroatoms. The molecule has 2 rings (SSSR count). The van der Waals surface area contributed by atoms with E-state index in [-0.39, 0.29) is 24.2 Å². The maximum Gasteiger partial charge on any atom is 0.255 e. The number of H-pyrrole nitrogens is 1. The van der Waals surface area contributed by atoms with Crippen molar-refractivity contribution < 1.29 is 5.11 Å². The van der Waals surface area contributed by atoms with Crippen LogP contribution in [0.1, 0.15) is 41.7 Å². The van der Waals surface area contributed by atoms with Crippen LogP contribution in [0.25, 0.3) is 0 Å². The van der Waals surface area contributed by atoms with Crippen LogP contribution in [-0.4, -0.2) is 21.7 Å². The first kappa shape index (κ1) is 15.4. The highest BCUT2D eigenvalue weighted by atomic mass is 16.3. The Hall–Kier alpha value is -1.98. The molecule has 1 aromatic heterocycles. The largest absolute Gasteiger partial charge is 0.394 e. The van der Waals surface area contributed by atoms with Crippen LogP contribution < -0.4 is 10.9 Å². The van der Waals surface area contributed by atoms with Crippen molar-refractivity contribution in [1.29, 1.82) is 0 Å². The van der Waals surface area contributed by atoms with Gasteiger partial charge < -0.3 is 15.4 Å². The minimum absolute atomic E-state index is 0.0371. The van der Waals surface area contributed by atoms with Gasteiger partial charge in [-0.3, -0.25) is 4.79 Å². The average molecular weight is 287 g/mol. The van der Waals surface area contributed by atoms with E-state index < -0.39 is 0 Å². The zero-order valence-electron chi connectivity index (χ0n) is 12.6. The number of aryl methyl sites for hydroxylation is 2. The van der Waals surface area contributed by atoms with Crippen LogP contribution in [0.3, 0.4) is 0 Å². The Bertz CT molecular complexity index is 652. The predicted octanol–water partition coefficient (Wildman–Crippen LogP) is 1.77. The molecule has 0 aliphatic heterocycles. The molecule has 0 spiro atoms. The third-order valence-electron chi connectivity index (χ3n) is 3.53. The highest BCUT2D eigenvalue weighted by Crippen LogP contribution is 2.18. The first-order chi connectivity index (χ1) is 10.0. The van der Waals surface area contributed by atoms with Gasteiger partial charge in [-0.05, 0) is 26.3 Å². The Morgan fingerprint density at radius 2 is 1.95 bits per heavy atom. The molecule has 0 radical (unpaired) electrons. The summed E-state index contributed by atoms with van der Waals surface area (Å²) < 4.78 is 0. The molecule has 0 fully saturated rings. The summed E-state index contributed by atoms with van der Waals surface area (Å²) in [6, 6.07) is 9.25. The van der Waals surface area contributed by atoms with Gasteiger partial charge in [0.05, 0.1) is 18.2 Å². The molecule has 5 nitrogen and oxygen atoms in total. The molecule has 2 aromatic rings. The highest BCUT2D eigenvalue weighted by molar-refractivity contribution is 5.23. The Labute approximate surface area is 124 Å². The van der Waals surface area contributed by atoms with E-state index in [1.165, 1.54) is 0 Å². The second-order valence-corrected chi connectivity index (χ2v) is 5.18. The van der Waals surface area contributed by atoms with Gasteiger partial charge in [-0.2, -0.15) is 0 Å². The standard InChI is InChI=1S/C16H21N3O2/c1-10-15(16(21)19-12(3)17-10)11(2)18-14(9-20)13-7-5-4-6-8-13/h4-8,11,14,18,20H,9H2,1-3H3,(H,17,19,21)/t11?,14-/m0/s1. The fourth-order valence-corrected chi connectivity index (χ4v) is 2.57. The number of aromatic amines is 1. The lowest BCUT2D eigenvalue weighted by molar-refractivity contribution is 0.235. The number of nitrogens with one attached hydrogen (secondary N) is 2. The van der Waals surface area contributed by atoms with Crippen molar-refractivity contribution in [2.24, 2.45) is 0 Å². The van der Waals surface area contributed by atoms with Gasteiger partial charge in [0, 0.05) is 11.7 Å². The first-order valence-electron chi connectivity index (χ1n) is 7.02. The molecular weight excluding hydrogens is 266 g/mol. The van der Waals surface area contributed by atoms with Crippen LogP contribution in [0.15, 0.2) is 35.1 Å². The van der Waals surface area contributed by atoms with E-state index in [1.54, 1.807) is 6.92 Å². The average Bonchev–Trinajstić information content (AvgIpc) is 2.44. The quantitative estimate of drug-likeness (QED) is 0.783. The lowest BCUT2D eigenvalue weighted by Crippen LogP contribution is -2.32. The van der Waals surface area contributed by atoms with Gasteiger partial charge in [-0.15, -0.1) is 0 Å². The van der Waals surface area contributed by atoms with Crippen LogP contribution >= 0.6 is 0 Å². The van der Waals surface area contributed by atoms with Crippen LogP contribution in [0.5, 0.6) is 0 Å². The predicted molar refractivity (Wildman–Crippen MR) is 82.2 cm³/mol. The number of hydrogen-bond donors (Lipinski definition) is 3. The Kier molecular flexibility index (Phi) is 4.88. The van der Waals surface area contributed by atoms with E-state index in [1.807, 2.05) is 44.2 Å². The van der Waals surface area contributed by atoms with Crippen molar-refractivity contribution in [1.82, 2.24) is 15.3 Å². The number of hydrogen-bond acceptors (Lipinski definition) is 4. The molecule has 0 bridgehead atoms. The number of aliphatic hydroxyl groups excluding tert-OH is 1. The van der Waals surface area contributed by atoms with E-state index in [4.69, 9.17) is 0 Å². The van der Waals surface area contributed by atoms with Crippen molar-refractivity contribution in [2.45, 2.75) is 32.9 Å². The van der Waals surface area contributed by atoms with Crippen LogP contribution in [0, 0.1) is 13.8 Å². The maximum atomic E-state index is 12.1. The monoisotopic (exact) mass is 287 g/mol. The van der Waals surface area contributed by atoms with Crippen molar-refractivity contribution in [3.05, 3.63) is 63.3 Å². The minimum Gasteiger partial charge on any atom is -0.394 e. The summed E-state index contributed by atoms with van der Waals surface area (Å²) in [6.07, 6.45) is 0. The van der Waals surface area contributed by atoms with E-state index in [0.29, 0.717) is 17.1 Å². The second-order valence-electron chi connectivity index (χ2n) is 5.18. The zero-order valence-corrected chi connectivity index (χ0v) is 12.6. The summed E-state index contributed by atoms with van der Waals surface area (Å²) in [4.78, 5) is 19.1. The summed E-state index contributed by atoms with van der Waals surface area (Å²) in [5.41, 5.74) is 2.17. The third-order valence-corrected chi connectivity index (χ3v) is 3.53. The van der Waals surface area contributed by atoms with E-state index in [0.717, 1.165) is 5.56 Å². The Morgan fingerprint density at radius 3 is 2.52 bits per heavy atom. The van der Waals surface area contributed by atoms with Crippen molar-refractivity contribution in [3.63, 3.8) is 0 Å². The molecule has 0 amide bonds. The van der Waals surface area contributed by atoms with E-state index >= 15 is 0 Å². The summed E-state index contributed by atoms with van der Waals surface area (Å²) >= 11 is 0. The molecule has 0 aliphatic rings. The van der Waals surface area contributed by atoms with Gasteiger partial charge in [0.1, 0.15) is 5.82 Å². The Morgan fingerprint density at radius 1 is 1.29 bits per heavy atom. The SMILES string of the molecule is Cc1nc(C)c(C(C)N[C@@H](CO)c2ccccc2)c(=O)[nH]1.